The normalized spacial score (nSPS) is 10.2. The van der Waals surface area contributed by atoms with Crippen LogP contribution >= 0.6 is 24.0 Å². The summed E-state index contributed by atoms with van der Waals surface area (Å²) in [5.74, 6) is 6.39. The van der Waals surface area contributed by atoms with Crippen LogP contribution in [0.25, 0.3) is 0 Å². The molecular weight excluding hydrogens is 328 g/mol. The number of hydrogen-bond donors (Lipinski definition) is 2. The van der Waals surface area contributed by atoms with Crippen LogP contribution in [-0.4, -0.2) is 21.0 Å². The summed E-state index contributed by atoms with van der Waals surface area (Å²) in [5.41, 5.74) is 3.27. The number of thiocarbonyl (C=S) groups is 1. The number of benzene rings is 1. The zero-order valence-corrected chi connectivity index (χ0v) is 14.6. The van der Waals surface area contributed by atoms with Gasteiger partial charge in [-0.05, 0) is 36.8 Å². The molecule has 0 aliphatic rings. The number of ketones is 1. The van der Waals surface area contributed by atoms with Crippen molar-refractivity contribution in [2.45, 2.75) is 13.8 Å². The van der Waals surface area contributed by atoms with Gasteiger partial charge >= 0.3 is 0 Å². The molecule has 120 valence electrons. The fraction of sp³-hybridized carbons (Fsp3) is 0.188. The van der Waals surface area contributed by atoms with Crippen LogP contribution in [0.2, 0.25) is 0 Å². The number of hydrogen-bond acceptors (Lipinski definition) is 6. The molecule has 23 heavy (non-hydrogen) atoms. The summed E-state index contributed by atoms with van der Waals surface area (Å²) >= 11 is 6.73. The van der Waals surface area contributed by atoms with Gasteiger partial charge in [-0.15, -0.1) is 0 Å². The number of rotatable bonds is 5. The Hall–Kier alpha value is -1.96. The Kier molecular flexibility index (Phi) is 6.09. The molecule has 0 spiro atoms. The number of anilines is 2. The van der Waals surface area contributed by atoms with Crippen molar-refractivity contribution >= 4 is 45.5 Å². The van der Waals surface area contributed by atoms with E-state index in [1.165, 1.54) is 29.3 Å². The van der Waals surface area contributed by atoms with E-state index in [0.717, 1.165) is 11.4 Å². The molecule has 0 aliphatic heterocycles. The van der Waals surface area contributed by atoms with Gasteiger partial charge < -0.3 is 5.32 Å². The van der Waals surface area contributed by atoms with Gasteiger partial charge in [-0.2, -0.15) is 0 Å². The SMILES string of the molecule is CC(=O)c1ccc(N(N)CSC(=S)Nc2cccc(C)c2)cn1. The lowest BCUT2D eigenvalue weighted by atomic mass is 10.2. The standard InChI is InChI=1S/C16H18N4OS2/c1-11-4-3-5-13(8-11)19-16(22)23-10-20(17)14-6-7-15(12(2)21)18-9-14/h3-9H,10,17H2,1-2H3,(H,19,22). The van der Waals surface area contributed by atoms with Crippen molar-refractivity contribution in [1.82, 2.24) is 4.98 Å². The highest BCUT2D eigenvalue weighted by Crippen LogP contribution is 2.17. The van der Waals surface area contributed by atoms with Crippen molar-refractivity contribution in [3.8, 4) is 0 Å². The minimum atomic E-state index is -0.0713. The lowest BCUT2D eigenvalue weighted by molar-refractivity contribution is 0.101. The first kappa shape index (κ1) is 17.4. The van der Waals surface area contributed by atoms with Gasteiger partial charge in [0.25, 0.3) is 0 Å². The van der Waals surface area contributed by atoms with E-state index in [0.29, 0.717) is 15.9 Å². The molecule has 3 N–H and O–H groups in total. The predicted octanol–water partition coefficient (Wildman–Crippen LogP) is 3.36. The number of carbonyl (C=O) groups is 1. The van der Waals surface area contributed by atoms with E-state index in [4.69, 9.17) is 18.1 Å². The first-order chi connectivity index (χ1) is 11.0. The molecule has 0 saturated heterocycles. The van der Waals surface area contributed by atoms with Gasteiger partial charge in [0.15, 0.2) is 5.78 Å². The van der Waals surface area contributed by atoms with E-state index in [9.17, 15) is 4.79 Å². The largest absolute Gasteiger partial charge is 0.341 e. The smallest absolute Gasteiger partial charge is 0.178 e. The van der Waals surface area contributed by atoms with Gasteiger partial charge in [0, 0.05) is 12.6 Å². The van der Waals surface area contributed by atoms with Gasteiger partial charge in [-0.1, -0.05) is 36.1 Å². The average molecular weight is 346 g/mol. The maximum Gasteiger partial charge on any atom is 0.178 e. The fourth-order valence-electron chi connectivity index (χ4n) is 1.84. The van der Waals surface area contributed by atoms with Crippen molar-refractivity contribution in [1.29, 1.82) is 0 Å². The summed E-state index contributed by atoms with van der Waals surface area (Å²) in [4.78, 5) is 15.3. The van der Waals surface area contributed by atoms with Crippen molar-refractivity contribution in [3.05, 3.63) is 53.9 Å². The third kappa shape index (κ3) is 5.31. The minimum absolute atomic E-state index is 0.0713. The molecule has 5 nitrogen and oxygen atoms in total. The molecule has 0 bridgehead atoms. The second kappa shape index (κ2) is 8.05. The van der Waals surface area contributed by atoms with Crippen LogP contribution in [0.3, 0.4) is 0 Å². The topological polar surface area (TPSA) is 71.2 Å². The van der Waals surface area contributed by atoms with E-state index < -0.39 is 0 Å². The molecule has 0 aliphatic carbocycles. The van der Waals surface area contributed by atoms with Crippen LogP contribution in [0.4, 0.5) is 11.4 Å². The Morgan fingerprint density at radius 3 is 2.78 bits per heavy atom. The Balaban J connectivity index is 1.87. The number of nitrogens with one attached hydrogen (secondary N) is 1. The summed E-state index contributed by atoms with van der Waals surface area (Å²) in [6, 6.07) is 11.4. The Morgan fingerprint density at radius 2 is 2.17 bits per heavy atom. The molecule has 2 aromatic rings. The highest BCUT2D eigenvalue weighted by Gasteiger charge is 2.07. The van der Waals surface area contributed by atoms with E-state index >= 15 is 0 Å². The first-order valence-electron chi connectivity index (χ1n) is 6.95. The van der Waals surface area contributed by atoms with Crippen LogP contribution in [0, 0.1) is 6.92 Å². The minimum Gasteiger partial charge on any atom is -0.341 e. The van der Waals surface area contributed by atoms with Gasteiger partial charge in [-0.25, -0.2) is 5.84 Å². The van der Waals surface area contributed by atoms with Crippen LogP contribution in [-0.2, 0) is 0 Å². The molecule has 0 saturated carbocycles. The maximum absolute atomic E-state index is 11.2. The van der Waals surface area contributed by atoms with Gasteiger partial charge in [0.1, 0.15) is 10.0 Å². The highest BCUT2D eigenvalue weighted by atomic mass is 32.2. The van der Waals surface area contributed by atoms with Crippen molar-refractivity contribution in [3.63, 3.8) is 0 Å². The fourth-order valence-corrected chi connectivity index (χ4v) is 2.72. The number of nitrogens with two attached hydrogens (primary N) is 1. The lowest BCUT2D eigenvalue weighted by Crippen LogP contribution is -2.31. The first-order valence-corrected chi connectivity index (χ1v) is 8.35. The van der Waals surface area contributed by atoms with Gasteiger partial charge in [0.05, 0.1) is 17.8 Å². The zero-order valence-electron chi connectivity index (χ0n) is 12.9. The van der Waals surface area contributed by atoms with E-state index in [2.05, 4.69) is 10.3 Å². The van der Waals surface area contributed by atoms with Gasteiger partial charge in [-0.3, -0.25) is 14.8 Å². The Bertz CT molecular complexity index is 703. The van der Waals surface area contributed by atoms with Crippen molar-refractivity contribution in [2.24, 2.45) is 5.84 Å². The summed E-state index contributed by atoms with van der Waals surface area (Å²) in [5, 5.41) is 4.70. The lowest BCUT2D eigenvalue weighted by Gasteiger charge is -2.18. The van der Waals surface area contributed by atoms with Crippen LogP contribution in [0.1, 0.15) is 23.0 Å². The third-order valence-electron chi connectivity index (χ3n) is 3.04. The van der Waals surface area contributed by atoms with Crippen LogP contribution in [0.5, 0.6) is 0 Å². The molecule has 0 atom stereocenters. The maximum atomic E-state index is 11.2. The molecule has 1 aromatic carbocycles. The molecule has 1 heterocycles. The molecule has 0 amide bonds. The monoisotopic (exact) mass is 346 g/mol. The molecule has 0 unspecified atom stereocenters. The van der Waals surface area contributed by atoms with Crippen molar-refractivity contribution in [2.75, 3.05) is 16.2 Å². The summed E-state index contributed by atoms with van der Waals surface area (Å²) in [6.07, 6.45) is 1.58. The molecule has 7 heteroatoms. The molecule has 0 radical (unpaired) electrons. The number of hydrazine groups is 1. The number of nitrogens with zero attached hydrogens (tertiary/aromatic N) is 2. The quantitative estimate of drug-likeness (QED) is 0.283. The highest BCUT2D eigenvalue weighted by molar-refractivity contribution is 8.23. The van der Waals surface area contributed by atoms with Crippen molar-refractivity contribution < 1.29 is 4.79 Å². The Morgan fingerprint density at radius 1 is 1.39 bits per heavy atom. The number of aromatic nitrogens is 1. The van der Waals surface area contributed by atoms with E-state index in [-0.39, 0.29) is 5.78 Å². The summed E-state index contributed by atoms with van der Waals surface area (Å²) in [6.45, 7) is 3.51. The average Bonchev–Trinajstić information content (AvgIpc) is 2.52. The number of aryl methyl sites for hydroxylation is 1. The molecule has 1 aromatic heterocycles. The van der Waals surface area contributed by atoms with E-state index in [1.807, 2.05) is 31.2 Å². The zero-order chi connectivity index (χ0) is 16.8. The second-order valence-corrected chi connectivity index (χ2v) is 6.60. The number of Topliss-reactive ketones (excluding diaryl/α,β-unsaturated/α-hetero) is 1. The van der Waals surface area contributed by atoms with Crippen LogP contribution in [0.15, 0.2) is 42.6 Å². The third-order valence-corrected chi connectivity index (χ3v) is 4.27. The summed E-state index contributed by atoms with van der Waals surface area (Å²) in [7, 11) is 0. The van der Waals surface area contributed by atoms with E-state index in [1.54, 1.807) is 18.3 Å². The van der Waals surface area contributed by atoms with Gasteiger partial charge in [0.2, 0.25) is 0 Å². The second-order valence-electron chi connectivity index (χ2n) is 4.98. The molecule has 2 rings (SSSR count). The number of pyridine rings is 1. The molecule has 0 fully saturated rings. The number of carbonyl (C=O) groups excluding carboxylic acids is 1. The summed E-state index contributed by atoms with van der Waals surface area (Å²) < 4.78 is 0.638. The number of thioether (sulfide) groups is 1. The Labute approximate surface area is 145 Å². The predicted molar refractivity (Wildman–Crippen MR) is 101 cm³/mol. The van der Waals surface area contributed by atoms with Crippen LogP contribution < -0.4 is 16.2 Å². The molecular formula is C16H18N4OS2.